The van der Waals surface area contributed by atoms with E-state index in [0.717, 1.165) is 10.0 Å². The van der Waals surface area contributed by atoms with Crippen molar-refractivity contribution in [2.75, 3.05) is 19.8 Å². The summed E-state index contributed by atoms with van der Waals surface area (Å²) in [5.41, 5.74) is 0.966. The van der Waals surface area contributed by atoms with E-state index in [1.165, 1.54) is 0 Å². The van der Waals surface area contributed by atoms with Gasteiger partial charge in [-0.3, -0.25) is 0 Å². The van der Waals surface area contributed by atoms with E-state index in [-0.39, 0.29) is 12.6 Å². The first-order valence-corrected chi connectivity index (χ1v) is 6.72. The Morgan fingerprint density at radius 1 is 1.44 bits per heavy atom. The van der Waals surface area contributed by atoms with E-state index in [9.17, 15) is 8.78 Å². The van der Waals surface area contributed by atoms with Gasteiger partial charge in [0.25, 0.3) is 6.43 Å². The zero-order chi connectivity index (χ0) is 13.5. The fourth-order valence-electron chi connectivity index (χ4n) is 1.48. The molecule has 0 bridgehead atoms. The van der Waals surface area contributed by atoms with Crippen molar-refractivity contribution < 1.29 is 13.5 Å². The quantitative estimate of drug-likeness (QED) is 0.755. The molecule has 0 aliphatic heterocycles. The van der Waals surface area contributed by atoms with Crippen molar-refractivity contribution in [3.63, 3.8) is 0 Å². The number of benzene rings is 1. The fourth-order valence-corrected chi connectivity index (χ4v) is 2.32. The van der Waals surface area contributed by atoms with Crippen molar-refractivity contribution in [3.8, 4) is 0 Å². The molecule has 0 aliphatic carbocycles. The van der Waals surface area contributed by atoms with Gasteiger partial charge in [-0.25, -0.2) is 8.78 Å². The van der Waals surface area contributed by atoms with Crippen LogP contribution in [0.1, 0.15) is 18.5 Å². The highest BCUT2D eigenvalue weighted by Crippen LogP contribution is 2.26. The molecule has 18 heavy (non-hydrogen) atoms. The van der Waals surface area contributed by atoms with Crippen LogP contribution in [-0.4, -0.2) is 26.2 Å². The largest absolute Gasteiger partial charge is 0.374 e. The first kappa shape index (κ1) is 15.8. The summed E-state index contributed by atoms with van der Waals surface area (Å²) >= 11 is 9.44. The van der Waals surface area contributed by atoms with Crippen molar-refractivity contribution in [2.45, 2.75) is 19.4 Å². The second-order valence-electron chi connectivity index (χ2n) is 3.81. The highest BCUT2D eigenvalue weighted by atomic mass is 79.9. The standard InChI is InChI=1S/C12H15BrClF2NO/c1-8(17-4-5-18-7-12(15)16)10-3-2-9(13)6-11(10)14/h2-3,6,8,12,17H,4-5,7H2,1H3. The molecular formula is C12H15BrClF2NO. The van der Waals surface area contributed by atoms with Crippen LogP contribution in [0.15, 0.2) is 22.7 Å². The fraction of sp³-hybridized carbons (Fsp3) is 0.500. The number of alkyl halides is 2. The van der Waals surface area contributed by atoms with Gasteiger partial charge in [0.15, 0.2) is 0 Å². The van der Waals surface area contributed by atoms with Crippen LogP contribution in [0, 0.1) is 0 Å². The van der Waals surface area contributed by atoms with Crippen LogP contribution in [0.25, 0.3) is 0 Å². The van der Waals surface area contributed by atoms with Gasteiger partial charge in [-0.05, 0) is 24.6 Å². The Kier molecular flexibility index (Phi) is 7.07. The molecule has 0 amide bonds. The Morgan fingerprint density at radius 2 is 2.17 bits per heavy atom. The van der Waals surface area contributed by atoms with Crippen LogP contribution in [0.2, 0.25) is 5.02 Å². The summed E-state index contributed by atoms with van der Waals surface area (Å²) in [7, 11) is 0. The maximum absolute atomic E-state index is 11.8. The van der Waals surface area contributed by atoms with Crippen molar-refractivity contribution in [3.05, 3.63) is 33.3 Å². The average Bonchev–Trinajstić information content (AvgIpc) is 2.27. The molecule has 0 spiro atoms. The summed E-state index contributed by atoms with van der Waals surface area (Å²) in [6.45, 7) is 2.19. The van der Waals surface area contributed by atoms with E-state index >= 15 is 0 Å². The molecule has 0 saturated heterocycles. The molecule has 0 aromatic heterocycles. The summed E-state index contributed by atoms with van der Waals surface area (Å²) < 4.78 is 29.3. The first-order valence-electron chi connectivity index (χ1n) is 5.55. The molecule has 1 aromatic carbocycles. The number of rotatable bonds is 7. The van der Waals surface area contributed by atoms with Gasteiger partial charge in [0.2, 0.25) is 0 Å². The number of hydrogen-bond donors (Lipinski definition) is 1. The Morgan fingerprint density at radius 3 is 2.78 bits per heavy atom. The summed E-state index contributed by atoms with van der Waals surface area (Å²) in [5.74, 6) is 0. The molecule has 1 atom stereocenters. The van der Waals surface area contributed by atoms with Crippen LogP contribution >= 0.6 is 27.5 Å². The third kappa shape index (κ3) is 5.61. The smallest absolute Gasteiger partial charge is 0.261 e. The zero-order valence-electron chi connectivity index (χ0n) is 9.93. The van der Waals surface area contributed by atoms with Gasteiger partial charge in [-0.15, -0.1) is 0 Å². The molecule has 2 nitrogen and oxygen atoms in total. The van der Waals surface area contributed by atoms with E-state index < -0.39 is 13.0 Å². The lowest BCUT2D eigenvalue weighted by molar-refractivity contribution is 0.0183. The normalized spacial score (nSPS) is 13.0. The molecule has 0 heterocycles. The van der Waals surface area contributed by atoms with Gasteiger partial charge in [-0.1, -0.05) is 33.6 Å². The minimum absolute atomic E-state index is 0.0424. The lowest BCUT2D eigenvalue weighted by Crippen LogP contribution is -2.24. The van der Waals surface area contributed by atoms with E-state index in [1.54, 1.807) is 0 Å². The van der Waals surface area contributed by atoms with Crippen molar-refractivity contribution in [1.29, 1.82) is 0 Å². The maximum Gasteiger partial charge on any atom is 0.261 e. The molecular weight excluding hydrogens is 327 g/mol. The Labute approximate surface area is 119 Å². The Bertz CT molecular complexity index is 379. The van der Waals surface area contributed by atoms with E-state index in [0.29, 0.717) is 11.6 Å². The van der Waals surface area contributed by atoms with Crippen LogP contribution < -0.4 is 5.32 Å². The first-order chi connectivity index (χ1) is 8.50. The third-order valence-corrected chi connectivity index (χ3v) is 3.19. The van der Waals surface area contributed by atoms with Crippen LogP contribution in [0.4, 0.5) is 8.78 Å². The molecule has 1 N–H and O–H groups in total. The molecule has 1 unspecified atom stereocenters. The average molecular weight is 343 g/mol. The lowest BCUT2D eigenvalue weighted by Gasteiger charge is -2.16. The molecule has 0 saturated carbocycles. The van der Waals surface area contributed by atoms with Gasteiger partial charge >= 0.3 is 0 Å². The maximum atomic E-state index is 11.8. The number of nitrogens with one attached hydrogen (secondary N) is 1. The van der Waals surface area contributed by atoms with Crippen molar-refractivity contribution in [1.82, 2.24) is 5.32 Å². The predicted molar refractivity (Wildman–Crippen MR) is 72.4 cm³/mol. The van der Waals surface area contributed by atoms with Crippen LogP contribution in [0.5, 0.6) is 0 Å². The molecule has 1 rings (SSSR count). The van der Waals surface area contributed by atoms with E-state index in [4.69, 9.17) is 16.3 Å². The molecule has 6 heteroatoms. The second kappa shape index (κ2) is 8.04. The topological polar surface area (TPSA) is 21.3 Å². The van der Waals surface area contributed by atoms with E-state index in [2.05, 4.69) is 21.2 Å². The molecule has 0 fully saturated rings. The van der Waals surface area contributed by atoms with E-state index in [1.807, 2.05) is 25.1 Å². The SMILES string of the molecule is CC(NCCOCC(F)F)c1ccc(Br)cc1Cl. The van der Waals surface area contributed by atoms with Gasteiger partial charge < -0.3 is 10.1 Å². The highest BCUT2D eigenvalue weighted by Gasteiger charge is 2.09. The second-order valence-corrected chi connectivity index (χ2v) is 5.13. The summed E-state index contributed by atoms with van der Waals surface area (Å²) in [6, 6.07) is 5.69. The van der Waals surface area contributed by atoms with Crippen molar-refractivity contribution >= 4 is 27.5 Å². The monoisotopic (exact) mass is 341 g/mol. The zero-order valence-corrected chi connectivity index (χ0v) is 12.3. The van der Waals surface area contributed by atoms with Gasteiger partial charge in [-0.2, -0.15) is 0 Å². The Balaban J connectivity index is 2.34. The van der Waals surface area contributed by atoms with Gasteiger partial charge in [0.1, 0.15) is 6.61 Å². The van der Waals surface area contributed by atoms with Gasteiger partial charge in [0.05, 0.1) is 6.61 Å². The summed E-state index contributed by atoms with van der Waals surface area (Å²) in [4.78, 5) is 0. The lowest BCUT2D eigenvalue weighted by atomic mass is 10.1. The number of hydrogen-bond acceptors (Lipinski definition) is 2. The highest BCUT2D eigenvalue weighted by molar-refractivity contribution is 9.10. The van der Waals surface area contributed by atoms with Crippen molar-refractivity contribution in [2.24, 2.45) is 0 Å². The molecule has 0 radical (unpaired) electrons. The van der Waals surface area contributed by atoms with Crippen LogP contribution in [0.3, 0.4) is 0 Å². The minimum Gasteiger partial charge on any atom is -0.374 e. The molecule has 1 aromatic rings. The molecule has 0 aliphatic rings. The third-order valence-electron chi connectivity index (χ3n) is 2.37. The Hall–Kier alpha value is -0.230. The minimum atomic E-state index is -2.41. The summed E-state index contributed by atoms with van der Waals surface area (Å²) in [6.07, 6.45) is -2.41. The predicted octanol–water partition coefficient (Wildman–Crippen LogP) is 4.03. The molecule has 102 valence electrons. The summed E-state index contributed by atoms with van der Waals surface area (Å²) in [5, 5.41) is 3.83. The van der Waals surface area contributed by atoms with Crippen LogP contribution in [-0.2, 0) is 4.74 Å². The number of ether oxygens (including phenoxy) is 1. The van der Waals surface area contributed by atoms with Gasteiger partial charge in [0, 0.05) is 22.1 Å². The number of halogens is 4.